The van der Waals surface area contributed by atoms with Gasteiger partial charge in [0.25, 0.3) is 0 Å². The molecule has 1 aromatic carbocycles. The highest BCUT2D eigenvalue weighted by Crippen LogP contribution is 2.24. The lowest BCUT2D eigenvalue weighted by atomic mass is 10.1. The Kier molecular flexibility index (Phi) is 5.29. The number of fused-ring (bicyclic) bond motifs is 1. The van der Waals surface area contributed by atoms with Crippen LogP contribution in [0.5, 0.6) is 0 Å². The number of hydrogen-bond acceptors (Lipinski definition) is 7. The Labute approximate surface area is 168 Å². The first-order valence-electron chi connectivity index (χ1n) is 8.35. The van der Waals surface area contributed by atoms with E-state index < -0.39 is 18.3 Å². The van der Waals surface area contributed by atoms with Gasteiger partial charge in [0.1, 0.15) is 18.3 Å². The van der Waals surface area contributed by atoms with Gasteiger partial charge in [-0.15, -0.1) is 0 Å². The third-order valence-corrected chi connectivity index (χ3v) is 5.08. The summed E-state index contributed by atoms with van der Waals surface area (Å²) in [6, 6.07) is 7.93. The Bertz CT molecular complexity index is 969. The molecule has 142 valence electrons. The number of aromatic nitrogens is 4. The number of benzene rings is 1. The van der Waals surface area contributed by atoms with Crippen LogP contribution in [0.15, 0.2) is 35.1 Å². The number of anilines is 1. The molecular weight excluding hydrogens is 438 g/mol. The minimum atomic E-state index is -0.950. The monoisotopic (exact) mass is 453 g/mol. The van der Waals surface area contributed by atoms with Crippen LogP contribution in [0, 0.1) is 0 Å². The van der Waals surface area contributed by atoms with Crippen molar-refractivity contribution in [1.29, 1.82) is 0 Å². The van der Waals surface area contributed by atoms with Crippen LogP contribution in [0.1, 0.15) is 5.56 Å². The summed E-state index contributed by atoms with van der Waals surface area (Å²) in [5, 5.41) is 23.0. The fourth-order valence-electron chi connectivity index (χ4n) is 3.03. The lowest BCUT2D eigenvalue weighted by Gasteiger charge is -2.15. The lowest BCUT2D eigenvalue weighted by molar-refractivity contribution is 0.0157. The molecule has 10 heteroatoms. The fourth-order valence-corrected chi connectivity index (χ4v) is 3.64. The molecule has 1 saturated heterocycles. The molecule has 2 aromatic heterocycles. The highest BCUT2D eigenvalue weighted by molar-refractivity contribution is 9.10. The number of aliphatic hydroxyl groups is 2. The summed E-state index contributed by atoms with van der Waals surface area (Å²) >= 11 is 9.55. The Balaban J connectivity index is 1.58. The van der Waals surface area contributed by atoms with E-state index in [0.717, 1.165) is 10.0 Å². The number of nitrogens with one attached hydrogen (secondary N) is 1. The normalized spacial score (nSPS) is 22.4. The summed E-state index contributed by atoms with van der Waals surface area (Å²) in [6.07, 6.45) is -0.774. The number of ether oxygens (including phenoxy) is 1. The van der Waals surface area contributed by atoms with Crippen molar-refractivity contribution in [3.63, 3.8) is 0 Å². The van der Waals surface area contributed by atoms with Crippen molar-refractivity contribution in [2.75, 3.05) is 11.9 Å². The molecule has 0 bridgehead atoms. The number of halogens is 2. The van der Waals surface area contributed by atoms with E-state index >= 15 is 0 Å². The molecule has 3 aromatic rings. The van der Waals surface area contributed by atoms with Crippen molar-refractivity contribution in [3.8, 4) is 0 Å². The van der Waals surface area contributed by atoms with Crippen LogP contribution in [0.25, 0.3) is 11.2 Å². The van der Waals surface area contributed by atoms with Crippen LogP contribution < -0.4 is 5.32 Å². The van der Waals surface area contributed by atoms with Crippen LogP contribution in [-0.4, -0.2) is 54.7 Å². The highest BCUT2D eigenvalue weighted by Gasteiger charge is 2.35. The molecule has 1 aliphatic heterocycles. The SMILES string of the molecule is O[C@@H]1[C@H](O)CO[C@H]1Cn1cnc2c(NCc3cccc(Br)c3)nc(Cl)nc21. The smallest absolute Gasteiger partial charge is 0.226 e. The molecule has 3 heterocycles. The molecule has 0 radical (unpaired) electrons. The quantitative estimate of drug-likeness (QED) is 0.506. The molecule has 8 nitrogen and oxygen atoms in total. The Morgan fingerprint density at radius 2 is 2.19 bits per heavy atom. The van der Waals surface area contributed by atoms with Crippen LogP contribution in [0.3, 0.4) is 0 Å². The summed E-state index contributed by atoms with van der Waals surface area (Å²) in [5.41, 5.74) is 2.18. The van der Waals surface area contributed by atoms with E-state index in [1.165, 1.54) is 0 Å². The number of imidazole rings is 1. The van der Waals surface area contributed by atoms with Crippen LogP contribution >= 0.6 is 27.5 Å². The van der Waals surface area contributed by atoms with Crippen molar-refractivity contribution in [3.05, 3.63) is 45.9 Å². The van der Waals surface area contributed by atoms with Crippen molar-refractivity contribution >= 4 is 44.5 Å². The first-order chi connectivity index (χ1) is 13.0. The summed E-state index contributed by atoms with van der Waals surface area (Å²) in [6.45, 7) is 0.951. The second-order valence-corrected chi connectivity index (χ2v) is 7.58. The minimum absolute atomic E-state index is 0.0916. The summed E-state index contributed by atoms with van der Waals surface area (Å²) in [5.74, 6) is 0.525. The summed E-state index contributed by atoms with van der Waals surface area (Å²) in [4.78, 5) is 12.9. The van der Waals surface area contributed by atoms with E-state index in [1.807, 2.05) is 24.3 Å². The van der Waals surface area contributed by atoms with Gasteiger partial charge in [0.05, 0.1) is 19.5 Å². The summed E-state index contributed by atoms with van der Waals surface area (Å²) < 4.78 is 8.16. The van der Waals surface area contributed by atoms with Crippen molar-refractivity contribution in [2.24, 2.45) is 0 Å². The minimum Gasteiger partial charge on any atom is -0.388 e. The number of aliphatic hydroxyl groups excluding tert-OH is 2. The Hall–Kier alpha value is -1.78. The molecule has 1 fully saturated rings. The van der Waals surface area contributed by atoms with Gasteiger partial charge in [-0.2, -0.15) is 9.97 Å². The van der Waals surface area contributed by atoms with Gasteiger partial charge in [0.2, 0.25) is 5.28 Å². The topological polar surface area (TPSA) is 105 Å². The van der Waals surface area contributed by atoms with Crippen LogP contribution in [0.2, 0.25) is 5.28 Å². The van der Waals surface area contributed by atoms with E-state index in [2.05, 4.69) is 36.2 Å². The maximum Gasteiger partial charge on any atom is 0.226 e. The standard InChI is InChI=1S/C17H17BrClN5O3/c18-10-3-1-2-9(4-10)5-20-15-13-16(23-17(19)22-15)24(8-21-13)6-12-14(26)11(25)7-27-12/h1-4,8,11-12,14,25-26H,5-7H2,(H,20,22,23)/t11-,12+,14-/m1/s1. The van der Waals surface area contributed by atoms with Crippen LogP contribution in [0.4, 0.5) is 5.82 Å². The summed E-state index contributed by atoms with van der Waals surface area (Å²) in [7, 11) is 0. The van der Waals surface area contributed by atoms with Gasteiger partial charge < -0.3 is 24.8 Å². The number of hydrogen-bond donors (Lipinski definition) is 3. The molecule has 3 atom stereocenters. The zero-order chi connectivity index (χ0) is 19.0. The molecule has 3 N–H and O–H groups in total. The maximum atomic E-state index is 9.99. The second kappa shape index (κ2) is 7.69. The zero-order valence-electron chi connectivity index (χ0n) is 14.1. The second-order valence-electron chi connectivity index (χ2n) is 6.32. The molecular formula is C17H17BrClN5O3. The van der Waals surface area contributed by atoms with E-state index in [4.69, 9.17) is 16.3 Å². The van der Waals surface area contributed by atoms with Gasteiger partial charge in [0, 0.05) is 11.0 Å². The van der Waals surface area contributed by atoms with Gasteiger partial charge in [-0.25, -0.2) is 4.98 Å². The van der Waals surface area contributed by atoms with E-state index in [0.29, 0.717) is 30.1 Å². The van der Waals surface area contributed by atoms with Gasteiger partial charge in [-0.1, -0.05) is 28.1 Å². The largest absolute Gasteiger partial charge is 0.388 e. The zero-order valence-corrected chi connectivity index (χ0v) is 16.4. The van der Waals surface area contributed by atoms with Crippen molar-refractivity contribution < 1.29 is 14.9 Å². The lowest BCUT2D eigenvalue weighted by Crippen LogP contribution is -2.32. The highest BCUT2D eigenvalue weighted by atomic mass is 79.9. The van der Waals surface area contributed by atoms with Crippen molar-refractivity contribution in [1.82, 2.24) is 19.5 Å². The third-order valence-electron chi connectivity index (χ3n) is 4.42. The van der Waals surface area contributed by atoms with Crippen molar-refractivity contribution in [2.45, 2.75) is 31.4 Å². The van der Waals surface area contributed by atoms with Gasteiger partial charge in [-0.05, 0) is 29.3 Å². The average Bonchev–Trinajstić information content (AvgIpc) is 3.18. The molecule has 1 aliphatic rings. The third kappa shape index (κ3) is 3.92. The first kappa shape index (κ1) is 18.6. The van der Waals surface area contributed by atoms with Gasteiger partial charge in [-0.3, -0.25) is 0 Å². The number of nitrogens with zero attached hydrogens (tertiary/aromatic N) is 4. The average molecular weight is 455 g/mol. The Morgan fingerprint density at radius 3 is 2.93 bits per heavy atom. The fraction of sp³-hybridized carbons (Fsp3) is 0.353. The molecule has 4 rings (SSSR count). The van der Waals surface area contributed by atoms with E-state index in [9.17, 15) is 10.2 Å². The Morgan fingerprint density at radius 1 is 1.33 bits per heavy atom. The molecule has 0 unspecified atom stereocenters. The molecule has 0 amide bonds. The van der Waals surface area contributed by atoms with Gasteiger partial charge >= 0.3 is 0 Å². The molecule has 0 aliphatic carbocycles. The first-order valence-corrected chi connectivity index (χ1v) is 9.53. The predicted octanol–water partition coefficient (Wildman–Crippen LogP) is 1.97. The maximum absolute atomic E-state index is 9.99. The molecule has 0 saturated carbocycles. The predicted molar refractivity (Wildman–Crippen MR) is 104 cm³/mol. The van der Waals surface area contributed by atoms with E-state index in [1.54, 1.807) is 10.9 Å². The van der Waals surface area contributed by atoms with Gasteiger partial charge in [0.15, 0.2) is 17.0 Å². The molecule has 0 spiro atoms. The number of rotatable bonds is 5. The van der Waals surface area contributed by atoms with Crippen LogP contribution in [-0.2, 0) is 17.8 Å². The molecule has 27 heavy (non-hydrogen) atoms. The van der Waals surface area contributed by atoms with E-state index in [-0.39, 0.29) is 11.9 Å².